The molecule has 0 radical (unpaired) electrons. The summed E-state index contributed by atoms with van der Waals surface area (Å²) in [5, 5.41) is 9.54. The van der Waals surface area contributed by atoms with Crippen molar-refractivity contribution in [1.29, 1.82) is 0 Å². The van der Waals surface area contributed by atoms with Gasteiger partial charge in [-0.1, -0.05) is 29.8 Å². The first-order chi connectivity index (χ1) is 16.4. The predicted octanol–water partition coefficient (Wildman–Crippen LogP) is 5.45. The number of carbonyl (C=O) groups is 1. The van der Waals surface area contributed by atoms with Crippen LogP contribution in [0.2, 0.25) is 5.02 Å². The third-order valence-corrected chi connectivity index (χ3v) is 7.04. The lowest BCUT2D eigenvalue weighted by Crippen LogP contribution is -2.41. The van der Waals surface area contributed by atoms with E-state index in [4.69, 9.17) is 11.6 Å². The van der Waals surface area contributed by atoms with Gasteiger partial charge in [0.15, 0.2) is 5.82 Å². The topological polar surface area (TPSA) is 82.2 Å². The van der Waals surface area contributed by atoms with Gasteiger partial charge in [-0.3, -0.25) is 9.69 Å². The fourth-order valence-corrected chi connectivity index (χ4v) is 5.47. The summed E-state index contributed by atoms with van der Waals surface area (Å²) in [4.78, 5) is 23.8. The highest BCUT2D eigenvalue weighted by Crippen LogP contribution is 2.45. The molecule has 0 aliphatic carbocycles. The molecule has 5 rings (SSSR count). The van der Waals surface area contributed by atoms with Crippen LogP contribution in [0.4, 0.5) is 23.1 Å². The summed E-state index contributed by atoms with van der Waals surface area (Å²) in [5.74, 6) is 0.675. The Hall–Kier alpha value is -3.16. The number of nitrogens with zero attached hydrogens (tertiary/aromatic N) is 3. The van der Waals surface area contributed by atoms with Crippen LogP contribution in [0.15, 0.2) is 48.7 Å². The molecular formula is C26H29ClN6O. The lowest BCUT2D eigenvalue weighted by atomic mass is 9.91. The number of rotatable bonds is 6. The maximum atomic E-state index is 12.2. The smallest absolute Gasteiger partial charge is 0.253 e. The minimum atomic E-state index is -0.190. The third kappa shape index (κ3) is 4.21. The monoisotopic (exact) mass is 476 g/mol. The minimum Gasteiger partial charge on any atom is -0.355 e. The molecule has 7 nitrogen and oxygen atoms in total. The molecule has 34 heavy (non-hydrogen) atoms. The van der Waals surface area contributed by atoms with Gasteiger partial charge in [-0.25, -0.2) is 4.98 Å². The number of carbonyl (C=O) groups excluding carboxylic acids is 1. The van der Waals surface area contributed by atoms with E-state index in [2.05, 4.69) is 62.9 Å². The number of nitrogens with one attached hydrogen (secondary N) is 3. The number of amides is 1. The molecule has 0 spiro atoms. The average Bonchev–Trinajstić information content (AvgIpc) is 3.17. The Balaban J connectivity index is 1.40. The normalized spacial score (nSPS) is 19.1. The van der Waals surface area contributed by atoms with Gasteiger partial charge < -0.3 is 16.0 Å². The zero-order chi connectivity index (χ0) is 23.8. The predicted molar refractivity (Wildman–Crippen MR) is 136 cm³/mol. The lowest BCUT2D eigenvalue weighted by molar-refractivity contribution is 0.0964. The van der Waals surface area contributed by atoms with Crippen molar-refractivity contribution in [3.05, 3.63) is 70.4 Å². The molecule has 2 atom stereocenters. The van der Waals surface area contributed by atoms with E-state index >= 15 is 0 Å². The molecule has 3 N–H and O–H groups in total. The van der Waals surface area contributed by atoms with Crippen molar-refractivity contribution >= 4 is 40.6 Å². The second-order valence-electron chi connectivity index (χ2n) is 9.17. The van der Waals surface area contributed by atoms with Crippen molar-refractivity contribution in [2.45, 2.75) is 51.2 Å². The van der Waals surface area contributed by atoms with Crippen molar-refractivity contribution in [1.82, 2.24) is 20.2 Å². The van der Waals surface area contributed by atoms with Gasteiger partial charge in [0.25, 0.3) is 5.91 Å². The van der Waals surface area contributed by atoms with Crippen molar-refractivity contribution in [2.75, 3.05) is 17.7 Å². The summed E-state index contributed by atoms with van der Waals surface area (Å²) < 4.78 is 0. The minimum absolute atomic E-state index is 0.190. The Morgan fingerprint density at radius 1 is 1.15 bits per heavy atom. The van der Waals surface area contributed by atoms with Gasteiger partial charge in [0.2, 0.25) is 5.95 Å². The van der Waals surface area contributed by atoms with Crippen LogP contribution >= 0.6 is 11.6 Å². The largest absolute Gasteiger partial charge is 0.355 e. The highest BCUT2D eigenvalue weighted by molar-refractivity contribution is 6.33. The van der Waals surface area contributed by atoms with Crippen LogP contribution in [0.5, 0.6) is 0 Å². The van der Waals surface area contributed by atoms with Gasteiger partial charge >= 0.3 is 0 Å². The van der Waals surface area contributed by atoms with E-state index in [1.165, 1.54) is 24.0 Å². The van der Waals surface area contributed by atoms with Crippen molar-refractivity contribution < 1.29 is 4.79 Å². The first-order valence-corrected chi connectivity index (χ1v) is 12.1. The molecule has 1 amide bonds. The highest BCUT2D eigenvalue weighted by Gasteiger charge is 2.40. The molecule has 8 heteroatoms. The Labute approximate surface area is 204 Å². The molecule has 3 heterocycles. The summed E-state index contributed by atoms with van der Waals surface area (Å²) in [6, 6.07) is 15.5. The molecule has 2 aliphatic rings. The summed E-state index contributed by atoms with van der Waals surface area (Å²) in [6.45, 7) is 4.58. The number of hydrogen-bond donors (Lipinski definition) is 3. The van der Waals surface area contributed by atoms with E-state index in [1.54, 1.807) is 19.3 Å². The molecule has 2 bridgehead atoms. The Kier molecular flexibility index (Phi) is 6.15. The fraction of sp³-hybridized carbons (Fsp3) is 0.346. The van der Waals surface area contributed by atoms with Crippen LogP contribution in [-0.4, -0.2) is 39.9 Å². The Morgan fingerprint density at radius 2 is 1.97 bits per heavy atom. The summed E-state index contributed by atoms with van der Waals surface area (Å²) in [7, 11) is 1.60. The molecular weight excluding hydrogens is 448 g/mol. The highest BCUT2D eigenvalue weighted by atomic mass is 35.5. The number of aromatic nitrogens is 2. The molecule has 1 aromatic heterocycles. The van der Waals surface area contributed by atoms with Crippen molar-refractivity contribution in [3.63, 3.8) is 0 Å². The number of benzene rings is 2. The van der Waals surface area contributed by atoms with E-state index in [9.17, 15) is 4.79 Å². The molecule has 0 saturated carbocycles. The van der Waals surface area contributed by atoms with Gasteiger partial charge in [-0.2, -0.15) is 4.98 Å². The van der Waals surface area contributed by atoms with E-state index < -0.39 is 0 Å². The summed E-state index contributed by atoms with van der Waals surface area (Å²) >= 11 is 6.38. The van der Waals surface area contributed by atoms with Gasteiger partial charge in [0, 0.05) is 30.9 Å². The molecule has 2 unspecified atom stereocenters. The molecule has 176 valence electrons. The molecule has 2 aromatic carbocycles. The summed E-state index contributed by atoms with van der Waals surface area (Å²) in [6.07, 6.45) is 5.13. The first kappa shape index (κ1) is 22.6. The maximum Gasteiger partial charge on any atom is 0.253 e. The second kappa shape index (κ2) is 9.24. The van der Waals surface area contributed by atoms with Gasteiger partial charge in [-0.15, -0.1) is 0 Å². The van der Waals surface area contributed by atoms with Gasteiger partial charge in [0.05, 0.1) is 17.4 Å². The zero-order valence-electron chi connectivity index (χ0n) is 19.6. The van der Waals surface area contributed by atoms with E-state index in [0.717, 1.165) is 12.1 Å². The van der Waals surface area contributed by atoms with Crippen molar-refractivity contribution in [3.8, 4) is 0 Å². The number of para-hydroxylation sites is 1. The van der Waals surface area contributed by atoms with Crippen LogP contribution in [0, 0.1) is 0 Å². The molecule has 1 fully saturated rings. The number of halogens is 1. The molecule has 2 aliphatic heterocycles. The number of fused-ring (bicyclic) bond motifs is 4. The van der Waals surface area contributed by atoms with Crippen molar-refractivity contribution in [2.24, 2.45) is 0 Å². The first-order valence-electron chi connectivity index (χ1n) is 11.7. The Morgan fingerprint density at radius 3 is 2.76 bits per heavy atom. The van der Waals surface area contributed by atoms with Gasteiger partial charge in [0.1, 0.15) is 5.02 Å². The third-order valence-electron chi connectivity index (χ3n) is 6.76. The van der Waals surface area contributed by atoms with Gasteiger partial charge in [-0.05, 0) is 68.5 Å². The van der Waals surface area contributed by atoms with Crippen LogP contribution in [0.25, 0.3) is 0 Å². The van der Waals surface area contributed by atoms with E-state index in [0.29, 0.717) is 46.2 Å². The average molecular weight is 477 g/mol. The maximum absolute atomic E-state index is 12.2. The zero-order valence-corrected chi connectivity index (χ0v) is 20.4. The molecule has 1 saturated heterocycles. The van der Waals surface area contributed by atoms with Crippen LogP contribution in [0.3, 0.4) is 0 Å². The number of hydrogen-bond acceptors (Lipinski definition) is 6. The van der Waals surface area contributed by atoms with Crippen LogP contribution in [-0.2, 0) is 6.42 Å². The Bertz CT molecular complexity index is 1230. The standard InChI is InChI=1S/C26H29ClN6O/c1-15(2)33-18-10-11-23(33)20-13-17(9-8-16(20)12-18)30-26-29-14-21(27)24(32-26)31-22-7-5-4-6-19(22)25(34)28-3/h4-9,13-15,18,23H,10-12H2,1-3H3,(H,28,34)(H2,29,30,31,32). The number of anilines is 4. The second-order valence-corrected chi connectivity index (χ2v) is 9.58. The lowest BCUT2D eigenvalue weighted by Gasteiger charge is -2.39. The van der Waals surface area contributed by atoms with E-state index in [1.807, 2.05) is 18.2 Å². The summed E-state index contributed by atoms with van der Waals surface area (Å²) in [5.41, 5.74) is 4.92. The SMILES string of the molecule is CNC(=O)c1ccccc1Nc1nc(Nc2ccc3c(c2)C2CCC(C3)N2C(C)C)ncc1Cl. The van der Waals surface area contributed by atoms with Crippen LogP contribution in [0.1, 0.15) is 54.2 Å². The van der Waals surface area contributed by atoms with E-state index in [-0.39, 0.29) is 5.91 Å². The van der Waals surface area contributed by atoms with Crippen LogP contribution < -0.4 is 16.0 Å². The fourth-order valence-electron chi connectivity index (χ4n) is 5.33. The quantitative estimate of drug-likeness (QED) is 0.439. The molecule has 3 aromatic rings.